The first-order valence-corrected chi connectivity index (χ1v) is 11.5. The van der Waals surface area contributed by atoms with Crippen LogP contribution < -0.4 is 0 Å². The van der Waals surface area contributed by atoms with Gasteiger partial charge in [-0.2, -0.15) is 4.31 Å². The summed E-state index contributed by atoms with van der Waals surface area (Å²) in [6.07, 6.45) is 3.05. The van der Waals surface area contributed by atoms with Gasteiger partial charge in [0.15, 0.2) is 0 Å². The summed E-state index contributed by atoms with van der Waals surface area (Å²) in [5.74, 6) is -0.289. The molecule has 1 unspecified atom stereocenters. The van der Waals surface area contributed by atoms with Crippen LogP contribution in [0.5, 0.6) is 0 Å². The van der Waals surface area contributed by atoms with Crippen LogP contribution in [0.4, 0.5) is 4.39 Å². The van der Waals surface area contributed by atoms with Crippen molar-refractivity contribution in [1.29, 1.82) is 0 Å². The normalized spacial score (nSPS) is 22.2. The van der Waals surface area contributed by atoms with E-state index in [0.29, 0.717) is 30.1 Å². The second-order valence-corrected chi connectivity index (χ2v) is 9.75. The Morgan fingerprint density at radius 3 is 2.03 bits per heavy atom. The molecule has 5 nitrogen and oxygen atoms in total. The number of sulfonamides is 1. The van der Waals surface area contributed by atoms with Crippen LogP contribution in [-0.2, 0) is 14.8 Å². The van der Waals surface area contributed by atoms with Crippen molar-refractivity contribution < 1.29 is 17.5 Å². The summed E-state index contributed by atoms with van der Waals surface area (Å²) in [6, 6.07) is 13.5. The van der Waals surface area contributed by atoms with Gasteiger partial charge in [0.1, 0.15) is 5.82 Å². The second-order valence-electron chi connectivity index (χ2n) is 7.81. The monoisotopic (exact) mass is 418 g/mol. The van der Waals surface area contributed by atoms with Crippen molar-refractivity contribution >= 4 is 10.0 Å². The molecule has 1 atom stereocenters. The lowest BCUT2D eigenvalue weighted by Gasteiger charge is -2.36. The smallest absolute Gasteiger partial charge is 0.243 e. The molecule has 2 aliphatic heterocycles. The number of rotatable bonds is 5. The standard InChI is InChI=1S/C22H27FN2O3S/c1-28-21-12-13-24(16-21)20-10-14-25(15-11-20)29(26,27)22-8-4-18(5-9-22)17-2-6-19(23)7-3-17/h2-9,20-21H,10-16H2,1H3. The van der Waals surface area contributed by atoms with E-state index in [4.69, 9.17) is 4.74 Å². The number of piperidine rings is 1. The minimum Gasteiger partial charge on any atom is -0.380 e. The molecule has 0 spiro atoms. The van der Waals surface area contributed by atoms with E-state index < -0.39 is 10.0 Å². The van der Waals surface area contributed by atoms with Crippen LogP contribution in [0.2, 0.25) is 0 Å². The Bertz CT molecular complexity index is 924. The summed E-state index contributed by atoms with van der Waals surface area (Å²) < 4.78 is 46.2. The van der Waals surface area contributed by atoms with Crippen LogP contribution in [0, 0.1) is 5.82 Å². The van der Waals surface area contributed by atoms with Crippen molar-refractivity contribution in [3.63, 3.8) is 0 Å². The molecule has 0 aliphatic carbocycles. The Morgan fingerprint density at radius 1 is 0.897 bits per heavy atom. The third-order valence-electron chi connectivity index (χ3n) is 6.12. The van der Waals surface area contributed by atoms with Crippen LogP contribution in [-0.4, -0.2) is 63.1 Å². The van der Waals surface area contributed by atoms with E-state index >= 15 is 0 Å². The van der Waals surface area contributed by atoms with Gasteiger partial charge in [0.2, 0.25) is 10.0 Å². The van der Waals surface area contributed by atoms with Crippen molar-refractivity contribution in [2.45, 2.75) is 36.3 Å². The van der Waals surface area contributed by atoms with E-state index in [1.54, 1.807) is 47.8 Å². The van der Waals surface area contributed by atoms with Crippen LogP contribution in [0.1, 0.15) is 19.3 Å². The maximum absolute atomic E-state index is 13.1. The Morgan fingerprint density at radius 2 is 1.48 bits per heavy atom. The molecule has 2 fully saturated rings. The quantitative estimate of drug-likeness (QED) is 0.747. The van der Waals surface area contributed by atoms with Crippen molar-refractivity contribution in [3.05, 3.63) is 54.3 Å². The highest BCUT2D eigenvalue weighted by Gasteiger charge is 2.34. The van der Waals surface area contributed by atoms with Gasteiger partial charge in [0, 0.05) is 39.3 Å². The summed E-state index contributed by atoms with van der Waals surface area (Å²) in [5.41, 5.74) is 1.72. The second kappa shape index (κ2) is 8.52. The predicted octanol–water partition coefficient (Wildman–Crippen LogP) is 3.37. The molecule has 29 heavy (non-hydrogen) atoms. The molecule has 2 heterocycles. The fourth-order valence-electron chi connectivity index (χ4n) is 4.34. The van der Waals surface area contributed by atoms with Crippen molar-refractivity contribution in [1.82, 2.24) is 9.21 Å². The molecular formula is C22H27FN2O3S. The van der Waals surface area contributed by atoms with E-state index in [1.807, 2.05) is 0 Å². The zero-order valence-electron chi connectivity index (χ0n) is 16.6. The molecule has 0 radical (unpaired) electrons. The molecule has 4 rings (SSSR count). The fraction of sp³-hybridized carbons (Fsp3) is 0.455. The first kappa shape index (κ1) is 20.5. The first-order chi connectivity index (χ1) is 14.0. The molecule has 0 bridgehead atoms. The Hall–Kier alpha value is -1.80. The minimum atomic E-state index is -3.50. The third-order valence-corrected chi connectivity index (χ3v) is 8.03. The fourth-order valence-corrected chi connectivity index (χ4v) is 5.81. The molecule has 2 saturated heterocycles. The molecule has 0 aromatic heterocycles. The van der Waals surface area contributed by atoms with Gasteiger partial charge >= 0.3 is 0 Å². The molecule has 0 amide bonds. The Labute approximate surface area is 172 Å². The van der Waals surface area contributed by atoms with Gasteiger partial charge in [-0.1, -0.05) is 24.3 Å². The summed E-state index contributed by atoms with van der Waals surface area (Å²) in [4.78, 5) is 2.75. The van der Waals surface area contributed by atoms with Crippen LogP contribution in [0.15, 0.2) is 53.4 Å². The lowest BCUT2D eigenvalue weighted by Crippen LogP contribution is -2.46. The number of hydrogen-bond acceptors (Lipinski definition) is 4. The zero-order valence-corrected chi connectivity index (χ0v) is 17.4. The number of benzene rings is 2. The zero-order chi connectivity index (χ0) is 20.4. The van der Waals surface area contributed by atoms with Gasteiger partial charge in [0.25, 0.3) is 0 Å². The van der Waals surface area contributed by atoms with Gasteiger partial charge in [0.05, 0.1) is 11.0 Å². The highest BCUT2D eigenvalue weighted by atomic mass is 32.2. The Balaban J connectivity index is 1.40. The summed E-state index contributed by atoms with van der Waals surface area (Å²) in [7, 11) is -1.75. The van der Waals surface area contributed by atoms with E-state index in [1.165, 1.54) is 12.1 Å². The molecule has 2 aromatic carbocycles. The molecule has 2 aromatic rings. The third kappa shape index (κ3) is 4.38. The van der Waals surface area contributed by atoms with Crippen molar-refractivity contribution in [3.8, 4) is 11.1 Å². The SMILES string of the molecule is COC1CCN(C2CCN(S(=O)(=O)c3ccc(-c4ccc(F)cc4)cc3)CC2)C1. The van der Waals surface area contributed by atoms with Gasteiger partial charge in [-0.15, -0.1) is 0 Å². The summed E-state index contributed by atoms with van der Waals surface area (Å²) in [5, 5.41) is 0. The molecule has 0 saturated carbocycles. The summed E-state index contributed by atoms with van der Waals surface area (Å²) >= 11 is 0. The average Bonchev–Trinajstić information content (AvgIpc) is 3.24. The number of hydrogen-bond donors (Lipinski definition) is 0. The van der Waals surface area contributed by atoms with Crippen molar-refractivity contribution in [2.24, 2.45) is 0 Å². The Kier molecular flexibility index (Phi) is 6.01. The van der Waals surface area contributed by atoms with E-state index in [9.17, 15) is 12.8 Å². The van der Waals surface area contributed by atoms with E-state index in [2.05, 4.69) is 4.90 Å². The van der Waals surface area contributed by atoms with Crippen LogP contribution in [0.3, 0.4) is 0 Å². The van der Waals surface area contributed by atoms with Gasteiger partial charge in [-0.05, 0) is 54.7 Å². The molecule has 7 heteroatoms. The maximum Gasteiger partial charge on any atom is 0.243 e. The van der Waals surface area contributed by atoms with Gasteiger partial charge in [-0.25, -0.2) is 12.8 Å². The topological polar surface area (TPSA) is 49.9 Å². The largest absolute Gasteiger partial charge is 0.380 e. The van der Waals surface area contributed by atoms with Crippen LogP contribution >= 0.6 is 0 Å². The van der Waals surface area contributed by atoms with Crippen LogP contribution in [0.25, 0.3) is 11.1 Å². The number of ether oxygens (including phenoxy) is 1. The lowest BCUT2D eigenvalue weighted by molar-refractivity contribution is 0.0925. The lowest BCUT2D eigenvalue weighted by atomic mass is 10.1. The molecular weight excluding hydrogens is 391 g/mol. The number of nitrogens with zero attached hydrogens (tertiary/aromatic N) is 2. The molecule has 2 aliphatic rings. The average molecular weight is 419 g/mol. The molecule has 156 valence electrons. The minimum absolute atomic E-state index is 0.289. The summed E-state index contributed by atoms with van der Waals surface area (Å²) in [6.45, 7) is 3.06. The molecule has 0 N–H and O–H groups in total. The van der Waals surface area contributed by atoms with Gasteiger partial charge < -0.3 is 4.74 Å². The number of halogens is 1. The van der Waals surface area contributed by atoms with E-state index in [-0.39, 0.29) is 5.82 Å². The van der Waals surface area contributed by atoms with E-state index in [0.717, 1.165) is 43.5 Å². The highest BCUT2D eigenvalue weighted by molar-refractivity contribution is 7.89. The van der Waals surface area contributed by atoms with Gasteiger partial charge in [-0.3, -0.25) is 4.90 Å². The number of likely N-dealkylation sites (tertiary alicyclic amines) is 1. The highest BCUT2D eigenvalue weighted by Crippen LogP contribution is 2.27. The number of methoxy groups -OCH3 is 1. The van der Waals surface area contributed by atoms with Crippen molar-refractivity contribution in [2.75, 3.05) is 33.3 Å². The predicted molar refractivity (Wildman–Crippen MR) is 111 cm³/mol. The first-order valence-electron chi connectivity index (χ1n) is 10.1. The maximum atomic E-state index is 13.1.